The van der Waals surface area contributed by atoms with Gasteiger partial charge >= 0.3 is 0 Å². The second-order valence-corrected chi connectivity index (χ2v) is 4.69. The van der Waals surface area contributed by atoms with Crippen LogP contribution in [-0.4, -0.2) is 12.8 Å². The van der Waals surface area contributed by atoms with E-state index < -0.39 is 0 Å². The zero-order chi connectivity index (χ0) is 13.0. The maximum absolute atomic E-state index is 11.1. The molecule has 1 N–H and O–H groups in total. The van der Waals surface area contributed by atoms with Crippen LogP contribution in [0.2, 0.25) is 0 Å². The Morgan fingerprint density at radius 2 is 1.89 bits per heavy atom. The molecule has 2 rings (SSSR count). The number of hydrogen-bond acceptors (Lipinski definition) is 2. The van der Waals surface area contributed by atoms with E-state index in [9.17, 15) is 4.79 Å². The molecule has 2 heteroatoms. The van der Waals surface area contributed by atoms with E-state index in [1.807, 2.05) is 13.1 Å². The van der Waals surface area contributed by atoms with E-state index in [0.29, 0.717) is 6.42 Å². The first-order chi connectivity index (χ1) is 8.70. The molecule has 1 unspecified atom stereocenters. The molecule has 0 aliphatic rings. The largest absolute Gasteiger partial charge is 0.313 e. The number of rotatable bonds is 5. The molecule has 0 saturated carbocycles. The van der Waals surface area contributed by atoms with Crippen molar-refractivity contribution in [3.05, 3.63) is 48.0 Å². The second-order valence-electron chi connectivity index (χ2n) is 4.69. The summed E-state index contributed by atoms with van der Waals surface area (Å²) in [6.45, 7) is 1.65. The Kier molecular flexibility index (Phi) is 4.11. The predicted octanol–water partition coefficient (Wildman–Crippen LogP) is 3.47. The van der Waals surface area contributed by atoms with Crippen LogP contribution >= 0.6 is 0 Å². The maximum atomic E-state index is 11.1. The van der Waals surface area contributed by atoms with Crippen LogP contribution in [0.1, 0.15) is 31.4 Å². The van der Waals surface area contributed by atoms with E-state index in [-0.39, 0.29) is 11.8 Å². The minimum atomic E-state index is 0.246. The Labute approximate surface area is 108 Å². The first-order valence-corrected chi connectivity index (χ1v) is 6.36. The fourth-order valence-electron chi connectivity index (χ4n) is 2.25. The van der Waals surface area contributed by atoms with Crippen LogP contribution in [0.5, 0.6) is 0 Å². The van der Waals surface area contributed by atoms with Crippen LogP contribution < -0.4 is 5.32 Å². The Morgan fingerprint density at radius 1 is 1.17 bits per heavy atom. The van der Waals surface area contributed by atoms with Crippen molar-refractivity contribution in [1.82, 2.24) is 5.32 Å². The molecule has 0 saturated heterocycles. The Morgan fingerprint density at radius 3 is 2.56 bits per heavy atom. The van der Waals surface area contributed by atoms with E-state index >= 15 is 0 Å². The van der Waals surface area contributed by atoms with Crippen molar-refractivity contribution in [2.75, 3.05) is 7.05 Å². The predicted molar refractivity (Wildman–Crippen MR) is 75.7 cm³/mol. The van der Waals surface area contributed by atoms with Crippen molar-refractivity contribution in [3.63, 3.8) is 0 Å². The third kappa shape index (κ3) is 2.96. The normalized spacial score (nSPS) is 12.6. The number of carbonyl (C=O) groups excluding carboxylic acids is 1. The van der Waals surface area contributed by atoms with E-state index in [1.165, 1.54) is 16.3 Å². The number of nitrogens with one attached hydrogen (secondary N) is 1. The standard InChI is InChI=1S/C16H19NO/c1-12(18)7-10-16(17-2)15-9-8-13-5-3-4-6-14(13)11-15/h3-6,8-9,11,16-17H,7,10H2,1-2H3. The molecule has 1 atom stereocenters. The van der Waals surface area contributed by atoms with Gasteiger partial charge in [0.1, 0.15) is 5.78 Å². The van der Waals surface area contributed by atoms with Gasteiger partial charge in [0.2, 0.25) is 0 Å². The third-order valence-corrected chi connectivity index (χ3v) is 3.31. The molecule has 0 heterocycles. The summed E-state index contributed by atoms with van der Waals surface area (Å²) in [4.78, 5) is 11.1. The number of hydrogen-bond donors (Lipinski definition) is 1. The van der Waals surface area contributed by atoms with Crippen LogP contribution in [0.3, 0.4) is 0 Å². The monoisotopic (exact) mass is 241 g/mol. The lowest BCUT2D eigenvalue weighted by molar-refractivity contribution is -0.117. The van der Waals surface area contributed by atoms with Crippen molar-refractivity contribution in [3.8, 4) is 0 Å². The molecule has 0 aliphatic carbocycles. The average molecular weight is 241 g/mol. The number of fused-ring (bicyclic) bond motifs is 1. The lowest BCUT2D eigenvalue weighted by atomic mass is 9.98. The minimum absolute atomic E-state index is 0.246. The average Bonchev–Trinajstić information content (AvgIpc) is 2.39. The minimum Gasteiger partial charge on any atom is -0.313 e. The molecular weight excluding hydrogens is 222 g/mol. The zero-order valence-electron chi connectivity index (χ0n) is 10.9. The highest BCUT2D eigenvalue weighted by Crippen LogP contribution is 2.23. The number of carbonyl (C=O) groups is 1. The third-order valence-electron chi connectivity index (χ3n) is 3.31. The molecule has 0 fully saturated rings. The first kappa shape index (κ1) is 12.8. The summed E-state index contributed by atoms with van der Waals surface area (Å²) in [6, 6.07) is 15.1. The quantitative estimate of drug-likeness (QED) is 0.868. The topological polar surface area (TPSA) is 29.1 Å². The SMILES string of the molecule is CNC(CCC(C)=O)c1ccc2ccccc2c1. The molecule has 0 bridgehead atoms. The van der Waals surface area contributed by atoms with Gasteiger partial charge in [-0.25, -0.2) is 0 Å². The molecule has 0 amide bonds. The van der Waals surface area contributed by atoms with Gasteiger partial charge < -0.3 is 10.1 Å². The molecule has 0 radical (unpaired) electrons. The van der Waals surface area contributed by atoms with E-state index in [4.69, 9.17) is 0 Å². The lowest BCUT2D eigenvalue weighted by Gasteiger charge is -2.16. The number of benzene rings is 2. The van der Waals surface area contributed by atoms with Gasteiger partial charge in [-0.05, 0) is 42.8 Å². The fourth-order valence-corrected chi connectivity index (χ4v) is 2.25. The number of ketones is 1. The van der Waals surface area contributed by atoms with E-state index in [0.717, 1.165) is 6.42 Å². The summed E-state index contributed by atoms with van der Waals surface area (Å²) in [5, 5.41) is 5.79. The maximum Gasteiger partial charge on any atom is 0.129 e. The fraction of sp³-hybridized carbons (Fsp3) is 0.312. The molecule has 0 spiro atoms. The summed E-state index contributed by atoms with van der Waals surface area (Å²) < 4.78 is 0. The molecule has 94 valence electrons. The van der Waals surface area contributed by atoms with Crippen LogP contribution in [0.4, 0.5) is 0 Å². The van der Waals surface area contributed by atoms with Crippen LogP contribution in [0, 0.1) is 0 Å². The summed E-state index contributed by atoms with van der Waals surface area (Å²) in [5.41, 5.74) is 1.25. The molecule has 2 aromatic carbocycles. The smallest absolute Gasteiger partial charge is 0.129 e. The van der Waals surface area contributed by atoms with Crippen molar-refractivity contribution >= 4 is 16.6 Å². The van der Waals surface area contributed by atoms with Gasteiger partial charge in [0.25, 0.3) is 0 Å². The van der Waals surface area contributed by atoms with Crippen molar-refractivity contribution in [2.24, 2.45) is 0 Å². The first-order valence-electron chi connectivity index (χ1n) is 6.36. The van der Waals surface area contributed by atoms with Crippen LogP contribution in [0.15, 0.2) is 42.5 Å². The Hall–Kier alpha value is -1.67. The highest BCUT2D eigenvalue weighted by molar-refractivity contribution is 5.83. The van der Waals surface area contributed by atoms with E-state index in [2.05, 4.69) is 41.7 Å². The van der Waals surface area contributed by atoms with Gasteiger partial charge in [-0.1, -0.05) is 36.4 Å². The zero-order valence-corrected chi connectivity index (χ0v) is 10.9. The van der Waals surface area contributed by atoms with Crippen molar-refractivity contribution < 1.29 is 4.79 Å². The molecule has 0 aromatic heterocycles. The van der Waals surface area contributed by atoms with E-state index in [1.54, 1.807) is 6.92 Å². The highest BCUT2D eigenvalue weighted by atomic mass is 16.1. The Balaban J connectivity index is 2.24. The van der Waals surface area contributed by atoms with Gasteiger partial charge in [-0.2, -0.15) is 0 Å². The molecule has 0 aliphatic heterocycles. The van der Waals surface area contributed by atoms with Crippen molar-refractivity contribution in [1.29, 1.82) is 0 Å². The van der Waals surface area contributed by atoms with Gasteiger partial charge in [0.05, 0.1) is 0 Å². The van der Waals surface area contributed by atoms with Gasteiger partial charge in [0.15, 0.2) is 0 Å². The molecule has 18 heavy (non-hydrogen) atoms. The Bertz CT molecular complexity index is 548. The summed E-state index contributed by atoms with van der Waals surface area (Å²) >= 11 is 0. The highest BCUT2D eigenvalue weighted by Gasteiger charge is 2.10. The van der Waals surface area contributed by atoms with Gasteiger partial charge in [-0.3, -0.25) is 0 Å². The number of Topliss-reactive ketones (excluding diaryl/α,β-unsaturated/α-hetero) is 1. The second kappa shape index (κ2) is 5.78. The van der Waals surface area contributed by atoms with Crippen LogP contribution in [0.25, 0.3) is 10.8 Å². The van der Waals surface area contributed by atoms with Gasteiger partial charge in [-0.15, -0.1) is 0 Å². The van der Waals surface area contributed by atoms with Gasteiger partial charge in [0, 0.05) is 12.5 Å². The summed E-state index contributed by atoms with van der Waals surface area (Å²) in [6.07, 6.45) is 1.47. The summed E-state index contributed by atoms with van der Waals surface area (Å²) in [7, 11) is 1.94. The molecule has 2 aromatic rings. The van der Waals surface area contributed by atoms with Crippen LogP contribution in [-0.2, 0) is 4.79 Å². The molecule has 2 nitrogen and oxygen atoms in total. The molecular formula is C16H19NO. The lowest BCUT2D eigenvalue weighted by Crippen LogP contribution is -2.17. The van der Waals surface area contributed by atoms with Crippen molar-refractivity contribution in [2.45, 2.75) is 25.8 Å². The summed E-state index contributed by atoms with van der Waals surface area (Å²) in [5.74, 6) is 0.246.